The lowest BCUT2D eigenvalue weighted by Gasteiger charge is -2.03. The lowest BCUT2D eigenvalue weighted by Crippen LogP contribution is -2.14. The molecule has 1 aromatic carbocycles. The van der Waals surface area contributed by atoms with Gasteiger partial charge in [-0.25, -0.2) is 4.79 Å². The molecule has 1 aromatic rings. The Kier molecular flexibility index (Phi) is 5.43. The average Bonchev–Trinajstić information content (AvgIpc) is 2.31. The standard InChI is InChI=1S/C14H19NO2/c1-3-13(14(16)17)8-9-15-10-12-6-4-11(2)5-7-12/h4-8,15H,3,9-10H2,1-2H3,(H,16,17)/b13-8-. The predicted molar refractivity (Wildman–Crippen MR) is 68.9 cm³/mol. The molecule has 0 atom stereocenters. The number of carboxylic acid groups (broad SMARTS) is 1. The molecule has 2 N–H and O–H groups in total. The first-order valence-electron chi connectivity index (χ1n) is 5.82. The van der Waals surface area contributed by atoms with E-state index in [2.05, 4.69) is 36.5 Å². The molecule has 92 valence electrons. The largest absolute Gasteiger partial charge is 0.478 e. The second kappa shape index (κ2) is 6.86. The summed E-state index contributed by atoms with van der Waals surface area (Å²) in [6.07, 6.45) is 2.29. The molecule has 0 saturated heterocycles. The third-order valence-corrected chi connectivity index (χ3v) is 2.60. The lowest BCUT2D eigenvalue weighted by molar-refractivity contribution is -0.132. The SMILES string of the molecule is CC/C(=C/CNCc1ccc(C)cc1)C(=O)O. The first kappa shape index (κ1) is 13.5. The molecule has 0 heterocycles. The van der Waals surface area contributed by atoms with Gasteiger partial charge in [0.05, 0.1) is 0 Å². The minimum Gasteiger partial charge on any atom is -0.478 e. The van der Waals surface area contributed by atoms with Crippen LogP contribution in [0.5, 0.6) is 0 Å². The van der Waals surface area contributed by atoms with E-state index in [1.54, 1.807) is 6.08 Å². The fourth-order valence-corrected chi connectivity index (χ4v) is 1.50. The van der Waals surface area contributed by atoms with Crippen LogP contribution < -0.4 is 5.32 Å². The van der Waals surface area contributed by atoms with Crippen LogP contribution in [0.2, 0.25) is 0 Å². The van der Waals surface area contributed by atoms with Crippen molar-refractivity contribution in [2.24, 2.45) is 0 Å². The highest BCUT2D eigenvalue weighted by atomic mass is 16.4. The molecule has 0 spiro atoms. The van der Waals surface area contributed by atoms with Crippen molar-refractivity contribution in [2.45, 2.75) is 26.8 Å². The van der Waals surface area contributed by atoms with Gasteiger partial charge < -0.3 is 10.4 Å². The molecule has 17 heavy (non-hydrogen) atoms. The van der Waals surface area contributed by atoms with E-state index in [1.807, 2.05) is 6.92 Å². The predicted octanol–water partition coefficient (Wildman–Crippen LogP) is 2.51. The molecule has 0 bridgehead atoms. The quantitative estimate of drug-likeness (QED) is 0.586. The molecule has 3 nitrogen and oxygen atoms in total. The average molecular weight is 233 g/mol. The van der Waals surface area contributed by atoms with Crippen molar-refractivity contribution >= 4 is 5.97 Å². The van der Waals surface area contributed by atoms with Gasteiger partial charge in [-0.05, 0) is 18.9 Å². The summed E-state index contributed by atoms with van der Waals surface area (Å²) in [7, 11) is 0. The summed E-state index contributed by atoms with van der Waals surface area (Å²) in [6.45, 7) is 5.25. The lowest BCUT2D eigenvalue weighted by atomic mass is 10.1. The highest BCUT2D eigenvalue weighted by molar-refractivity contribution is 5.86. The van der Waals surface area contributed by atoms with Crippen LogP contribution in [0.3, 0.4) is 0 Å². The molecule has 0 aliphatic heterocycles. The first-order valence-corrected chi connectivity index (χ1v) is 5.82. The third-order valence-electron chi connectivity index (χ3n) is 2.60. The molecule has 3 heteroatoms. The zero-order chi connectivity index (χ0) is 12.7. The van der Waals surface area contributed by atoms with Gasteiger partial charge in [0.2, 0.25) is 0 Å². The summed E-state index contributed by atoms with van der Waals surface area (Å²) in [6, 6.07) is 8.29. The van der Waals surface area contributed by atoms with E-state index in [1.165, 1.54) is 11.1 Å². The van der Waals surface area contributed by atoms with Crippen molar-refractivity contribution in [2.75, 3.05) is 6.54 Å². The van der Waals surface area contributed by atoms with Gasteiger partial charge in [0.1, 0.15) is 0 Å². The van der Waals surface area contributed by atoms with Crippen molar-refractivity contribution in [1.82, 2.24) is 5.32 Å². The molecule has 1 rings (SSSR count). The van der Waals surface area contributed by atoms with Crippen molar-refractivity contribution in [3.8, 4) is 0 Å². The van der Waals surface area contributed by atoms with E-state index in [4.69, 9.17) is 5.11 Å². The molecule has 0 fully saturated rings. The van der Waals surface area contributed by atoms with Gasteiger partial charge in [-0.2, -0.15) is 0 Å². The molecule has 0 aliphatic carbocycles. The van der Waals surface area contributed by atoms with Crippen LogP contribution >= 0.6 is 0 Å². The van der Waals surface area contributed by atoms with Crippen molar-refractivity contribution in [3.05, 3.63) is 47.0 Å². The summed E-state index contributed by atoms with van der Waals surface area (Å²) in [4.78, 5) is 10.7. The number of hydrogen-bond acceptors (Lipinski definition) is 2. The van der Waals surface area contributed by atoms with E-state index in [-0.39, 0.29) is 0 Å². The summed E-state index contributed by atoms with van der Waals surface area (Å²) < 4.78 is 0. The Morgan fingerprint density at radius 1 is 1.35 bits per heavy atom. The number of carboxylic acids is 1. The van der Waals surface area contributed by atoms with Gasteiger partial charge in [-0.15, -0.1) is 0 Å². The second-order valence-corrected chi connectivity index (χ2v) is 4.00. The Labute approximate surface area is 102 Å². The van der Waals surface area contributed by atoms with Crippen molar-refractivity contribution in [1.29, 1.82) is 0 Å². The summed E-state index contributed by atoms with van der Waals surface area (Å²) in [5.74, 6) is -0.829. The highest BCUT2D eigenvalue weighted by Crippen LogP contribution is 2.03. The minimum absolute atomic E-state index is 0.460. The van der Waals surface area contributed by atoms with E-state index >= 15 is 0 Å². The van der Waals surface area contributed by atoms with Crippen LogP contribution in [0.1, 0.15) is 24.5 Å². The van der Waals surface area contributed by atoms with E-state index in [9.17, 15) is 4.79 Å². The van der Waals surface area contributed by atoms with Gasteiger partial charge >= 0.3 is 5.97 Å². The monoisotopic (exact) mass is 233 g/mol. The van der Waals surface area contributed by atoms with Crippen LogP contribution in [-0.4, -0.2) is 17.6 Å². The van der Waals surface area contributed by atoms with Crippen LogP contribution in [0.4, 0.5) is 0 Å². The zero-order valence-corrected chi connectivity index (χ0v) is 10.4. The molecule has 0 amide bonds. The molecule has 0 saturated carbocycles. The Hall–Kier alpha value is -1.61. The number of rotatable bonds is 6. The fourth-order valence-electron chi connectivity index (χ4n) is 1.50. The fraction of sp³-hybridized carbons (Fsp3) is 0.357. The number of nitrogens with one attached hydrogen (secondary N) is 1. The van der Waals surface area contributed by atoms with Crippen molar-refractivity contribution in [3.63, 3.8) is 0 Å². The van der Waals surface area contributed by atoms with Crippen LogP contribution in [-0.2, 0) is 11.3 Å². The second-order valence-electron chi connectivity index (χ2n) is 4.00. The van der Waals surface area contributed by atoms with Crippen LogP contribution in [0, 0.1) is 6.92 Å². The maximum atomic E-state index is 10.7. The zero-order valence-electron chi connectivity index (χ0n) is 10.4. The van der Waals surface area contributed by atoms with Gasteiger partial charge in [0, 0.05) is 18.7 Å². The summed E-state index contributed by atoms with van der Waals surface area (Å²) in [5.41, 5.74) is 2.91. The Bertz CT molecular complexity index is 393. The Morgan fingerprint density at radius 2 is 2.00 bits per heavy atom. The van der Waals surface area contributed by atoms with Crippen molar-refractivity contribution < 1.29 is 9.90 Å². The van der Waals surface area contributed by atoms with Gasteiger partial charge in [0.15, 0.2) is 0 Å². The van der Waals surface area contributed by atoms with Crippen LogP contribution in [0.25, 0.3) is 0 Å². The molecule has 0 radical (unpaired) electrons. The molecule has 0 aliphatic rings. The Morgan fingerprint density at radius 3 is 2.53 bits per heavy atom. The summed E-state index contributed by atoms with van der Waals surface area (Å²) >= 11 is 0. The molecule has 0 aromatic heterocycles. The van der Waals surface area contributed by atoms with E-state index in [0.29, 0.717) is 18.5 Å². The smallest absolute Gasteiger partial charge is 0.331 e. The molecular formula is C14H19NO2. The molecule has 0 unspecified atom stereocenters. The van der Waals surface area contributed by atoms with E-state index in [0.717, 1.165) is 6.54 Å². The van der Waals surface area contributed by atoms with E-state index < -0.39 is 5.97 Å². The van der Waals surface area contributed by atoms with Crippen LogP contribution in [0.15, 0.2) is 35.9 Å². The normalized spacial score (nSPS) is 11.5. The number of benzene rings is 1. The number of hydrogen-bond donors (Lipinski definition) is 2. The van der Waals surface area contributed by atoms with Gasteiger partial charge in [-0.1, -0.05) is 42.8 Å². The topological polar surface area (TPSA) is 49.3 Å². The first-order chi connectivity index (χ1) is 8.13. The summed E-state index contributed by atoms with van der Waals surface area (Å²) in [5, 5.41) is 12.0. The third kappa shape index (κ3) is 4.83. The maximum absolute atomic E-state index is 10.7. The molecular weight excluding hydrogens is 214 g/mol. The Balaban J connectivity index is 2.37. The minimum atomic E-state index is -0.829. The number of aliphatic carboxylic acids is 1. The van der Waals surface area contributed by atoms with Gasteiger partial charge in [-0.3, -0.25) is 0 Å². The number of carbonyl (C=O) groups is 1. The van der Waals surface area contributed by atoms with Gasteiger partial charge in [0.25, 0.3) is 0 Å². The maximum Gasteiger partial charge on any atom is 0.331 e. The number of aryl methyl sites for hydroxylation is 1. The highest BCUT2D eigenvalue weighted by Gasteiger charge is 2.02.